The third-order valence-electron chi connectivity index (χ3n) is 5.50. The summed E-state index contributed by atoms with van der Waals surface area (Å²) in [6, 6.07) is 12.2. The first-order chi connectivity index (χ1) is 12.9. The maximum absolute atomic E-state index is 12.7. The van der Waals surface area contributed by atoms with E-state index in [1.165, 1.54) is 27.8 Å². The SMILES string of the molecule is CC(=O)N1CCc2ccccc2C1CC(=O)NCc1c(C)cc(C)cc1C. The lowest BCUT2D eigenvalue weighted by atomic mass is 9.90. The van der Waals surface area contributed by atoms with Crippen LogP contribution in [-0.2, 0) is 22.6 Å². The van der Waals surface area contributed by atoms with Crippen LogP contribution in [0.3, 0.4) is 0 Å². The van der Waals surface area contributed by atoms with Gasteiger partial charge in [-0.3, -0.25) is 9.59 Å². The molecule has 2 aromatic rings. The molecule has 1 N–H and O–H groups in total. The van der Waals surface area contributed by atoms with Crippen LogP contribution < -0.4 is 5.32 Å². The number of rotatable bonds is 4. The molecule has 0 fully saturated rings. The first-order valence-corrected chi connectivity index (χ1v) is 9.55. The minimum atomic E-state index is -0.187. The Bertz CT molecular complexity index is 849. The summed E-state index contributed by atoms with van der Waals surface area (Å²) in [6.45, 7) is 9.01. The highest BCUT2D eigenvalue weighted by atomic mass is 16.2. The predicted molar refractivity (Wildman–Crippen MR) is 107 cm³/mol. The number of carbonyl (C=O) groups excluding carboxylic acids is 2. The molecule has 4 heteroatoms. The number of hydrogen-bond acceptors (Lipinski definition) is 2. The molecule has 0 bridgehead atoms. The Labute approximate surface area is 161 Å². The summed E-state index contributed by atoms with van der Waals surface area (Å²) >= 11 is 0. The van der Waals surface area contributed by atoms with E-state index in [0.717, 1.165) is 12.0 Å². The zero-order valence-electron chi connectivity index (χ0n) is 16.6. The van der Waals surface area contributed by atoms with Crippen LogP contribution in [0.5, 0.6) is 0 Å². The molecule has 1 heterocycles. The summed E-state index contributed by atoms with van der Waals surface area (Å²) < 4.78 is 0. The maximum Gasteiger partial charge on any atom is 0.222 e. The fourth-order valence-electron chi connectivity index (χ4n) is 4.17. The molecule has 0 saturated heterocycles. The van der Waals surface area contributed by atoms with Crippen LogP contribution in [0.25, 0.3) is 0 Å². The molecule has 1 atom stereocenters. The van der Waals surface area contributed by atoms with Crippen LogP contribution in [0.15, 0.2) is 36.4 Å². The Morgan fingerprint density at radius 3 is 2.44 bits per heavy atom. The number of nitrogens with one attached hydrogen (secondary N) is 1. The van der Waals surface area contributed by atoms with E-state index < -0.39 is 0 Å². The topological polar surface area (TPSA) is 49.4 Å². The first-order valence-electron chi connectivity index (χ1n) is 9.55. The monoisotopic (exact) mass is 364 g/mol. The zero-order valence-corrected chi connectivity index (χ0v) is 16.6. The number of amides is 2. The molecule has 0 aromatic heterocycles. The molecule has 27 heavy (non-hydrogen) atoms. The number of nitrogens with zero attached hydrogens (tertiary/aromatic N) is 1. The van der Waals surface area contributed by atoms with Crippen molar-refractivity contribution in [3.05, 3.63) is 69.8 Å². The van der Waals surface area contributed by atoms with Crippen molar-refractivity contribution < 1.29 is 9.59 Å². The molecular formula is C23H28N2O2. The van der Waals surface area contributed by atoms with Gasteiger partial charge in [0.25, 0.3) is 0 Å². The van der Waals surface area contributed by atoms with E-state index in [9.17, 15) is 9.59 Å². The van der Waals surface area contributed by atoms with Crippen LogP contribution in [0, 0.1) is 20.8 Å². The second-order valence-corrected chi connectivity index (χ2v) is 7.54. The third-order valence-corrected chi connectivity index (χ3v) is 5.50. The Kier molecular flexibility index (Phi) is 5.64. The largest absolute Gasteiger partial charge is 0.352 e. The summed E-state index contributed by atoms with van der Waals surface area (Å²) in [5.41, 5.74) is 7.12. The first kappa shape index (κ1) is 19.2. The molecular weight excluding hydrogens is 336 g/mol. The number of hydrogen-bond donors (Lipinski definition) is 1. The standard InChI is InChI=1S/C23H28N2O2/c1-15-11-16(2)21(17(3)12-15)14-24-23(27)13-22-20-8-6-5-7-19(20)9-10-25(22)18(4)26/h5-8,11-12,22H,9-10,13-14H2,1-4H3,(H,24,27). The van der Waals surface area contributed by atoms with Crippen LogP contribution in [0.2, 0.25) is 0 Å². The molecule has 1 aliphatic rings. The van der Waals surface area contributed by atoms with Crippen LogP contribution in [0.1, 0.15) is 52.8 Å². The molecule has 0 aliphatic carbocycles. The van der Waals surface area contributed by atoms with Crippen LogP contribution in [-0.4, -0.2) is 23.3 Å². The van der Waals surface area contributed by atoms with Crippen molar-refractivity contribution in [1.29, 1.82) is 0 Å². The van der Waals surface area contributed by atoms with Crippen molar-refractivity contribution in [3.8, 4) is 0 Å². The van der Waals surface area contributed by atoms with Crippen molar-refractivity contribution in [3.63, 3.8) is 0 Å². The summed E-state index contributed by atoms with van der Waals surface area (Å²) in [4.78, 5) is 26.6. The van der Waals surface area contributed by atoms with E-state index in [0.29, 0.717) is 19.5 Å². The number of carbonyl (C=O) groups is 2. The van der Waals surface area contributed by atoms with Gasteiger partial charge in [-0.2, -0.15) is 0 Å². The van der Waals surface area contributed by atoms with Gasteiger partial charge in [0.1, 0.15) is 0 Å². The van der Waals surface area contributed by atoms with Gasteiger partial charge in [-0.05, 0) is 55.0 Å². The predicted octanol–water partition coefficient (Wildman–Crippen LogP) is 3.76. The highest BCUT2D eigenvalue weighted by Gasteiger charge is 2.30. The maximum atomic E-state index is 12.7. The van der Waals surface area contributed by atoms with E-state index in [1.807, 2.05) is 23.1 Å². The summed E-state index contributed by atoms with van der Waals surface area (Å²) in [5.74, 6) is -0.00476. The molecule has 4 nitrogen and oxygen atoms in total. The fraction of sp³-hybridized carbons (Fsp3) is 0.391. The summed E-state index contributed by atoms with van der Waals surface area (Å²) in [5, 5.41) is 3.06. The summed E-state index contributed by atoms with van der Waals surface area (Å²) in [7, 11) is 0. The van der Waals surface area contributed by atoms with Crippen molar-refractivity contribution in [2.45, 2.75) is 53.1 Å². The average Bonchev–Trinajstić information content (AvgIpc) is 2.60. The van der Waals surface area contributed by atoms with Gasteiger partial charge in [0.05, 0.1) is 12.5 Å². The normalized spacial score (nSPS) is 16.0. The van der Waals surface area contributed by atoms with Gasteiger partial charge in [0, 0.05) is 20.0 Å². The second-order valence-electron chi connectivity index (χ2n) is 7.54. The molecule has 142 valence electrons. The van der Waals surface area contributed by atoms with Crippen LogP contribution >= 0.6 is 0 Å². The summed E-state index contributed by atoms with van der Waals surface area (Å²) in [6.07, 6.45) is 1.14. The Morgan fingerprint density at radius 2 is 1.78 bits per heavy atom. The molecule has 0 radical (unpaired) electrons. The van der Waals surface area contributed by atoms with Gasteiger partial charge >= 0.3 is 0 Å². The molecule has 2 amide bonds. The van der Waals surface area contributed by atoms with E-state index >= 15 is 0 Å². The van der Waals surface area contributed by atoms with E-state index in [1.54, 1.807) is 6.92 Å². The van der Waals surface area contributed by atoms with Crippen molar-refractivity contribution >= 4 is 11.8 Å². The van der Waals surface area contributed by atoms with Gasteiger partial charge < -0.3 is 10.2 Å². The molecule has 0 spiro atoms. The average molecular weight is 364 g/mol. The van der Waals surface area contributed by atoms with Gasteiger partial charge in [-0.1, -0.05) is 42.0 Å². The molecule has 2 aromatic carbocycles. The number of aryl methyl sites for hydroxylation is 3. The van der Waals surface area contributed by atoms with Crippen molar-refractivity contribution in [2.24, 2.45) is 0 Å². The quantitative estimate of drug-likeness (QED) is 0.898. The number of fused-ring (bicyclic) bond motifs is 1. The second kappa shape index (κ2) is 7.95. The Balaban J connectivity index is 1.73. The van der Waals surface area contributed by atoms with Gasteiger partial charge in [-0.15, -0.1) is 0 Å². The van der Waals surface area contributed by atoms with E-state index in [4.69, 9.17) is 0 Å². The smallest absolute Gasteiger partial charge is 0.222 e. The molecule has 0 saturated carbocycles. The minimum absolute atomic E-state index is 0.0209. The third kappa shape index (κ3) is 4.21. The lowest BCUT2D eigenvalue weighted by Crippen LogP contribution is -2.41. The van der Waals surface area contributed by atoms with Gasteiger partial charge in [-0.25, -0.2) is 0 Å². The molecule has 1 unspecified atom stereocenters. The van der Waals surface area contributed by atoms with Crippen LogP contribution in [0.4, 0.5) is 0 Å². The zero-order chi connectivity index (χ0) is 19.6. The molecule has 3 rings (SSSR count). The van der Waals surface area contributed by atoms with Crippen molar-refractivity contribution in [1.82, 2.24) is 10.2 Å². The Morgan fingerprint density at radius 1 is 1.11 bits per heavy atom. The van der Waals surface area contributed by atoms with Gasteiger partial charge in [0.2, 0.25) is 11.8 Å². The fourth-order valence-corrected chi connectivity index (χ4v) is 4.17. The highest BCUT2D eigenvalue weighted by Crippen LogP contribution is 2.32. The van der Waals surface area contributed by atoms with E-state index in [2.05, 4.69) is 44.3 Å². The van der Waals surface area contributed by atoms with Gasteiger partial charge in [0.15, 0.2) is 0 Å². The lowest BCUT2D eigenvalue weighted by Gasteiger charge is -2.36. The highest BCUT2D eigenvalue weighted by molar-refractivity contribution is 5.79. The minimum Gasteiger partial charge on any atom is -0.352 e. The van der Waals surface area contributed by atoms with Crippen molar-refractivity contribution in [2.75, 3.05) is 6.54 Å². The lowest BCUT2D eigenvalue weighted by molar-refractivity contribution is -0.133. The van der Waals surface area contributed by atoms with E-state index in [-0.39, 0.29) is 17.9 Å². The number of benzene rings is 2. The Hall–Kier alpha value is -2.62. The molecule has 1 aliphatic heterocycles.